The summed E-state index contributed by atoms with van der Waals surface area (Å²) in [7, 11) is 0. The summed E-state index contributed by atoms with van der Waals surface area (Å²) in [6, 6.07) is 23.4. The van der Waals surface area contributed by atoms with Crippen molar-refractivity contribution in [1.82, 2.24) is 4.90 Å². The molecule has 0 amide bonds. The minimum Gasteiger partial charge on any atom is -0.301 e. The van der Waals surface area contributed by atoms with Gasteiger partial charge in [-0.3, -0.25) is 0 Å². The van der Waals surface area contributed by atoms with Crippen LogP contribution in [0.5, 0.6) is 0 Å². The molecule has 2 heteroatoms. The van der Waals surface area contributed by atoms with Crippen molar-refractivity contribution in [2.24, 2.45) is 0 Å². The predicted octanol–water partition coefficient (Wildman–Crippen LogP) is 4.62. The molecule has 0 bridgehead atoms. The molecule has 120 valence electrons. The summed E-state index contributed by atoms with van der Waals surface area (Å²) in [5.74, 6) is 0. The van der Waals surface area contributed by atoms with Crippen molar-refractivity contribution < 1.29 is 0 Å². The first kappa shape index (κ1) is 17.2. The molecule has 23 heavy (non-hydrogen) atoms. The van der Waals surface area contributed by atoms with Gasteiger partial charge in [0.15, 0.2) is 0 Å². The third kappa shape index (κ3) is 3.63. The van der Waals surface area contributed by atoms with Crippen LogP contribution < -0.4 is 0 Å². The molecule has 0 aliphatic carbocycles. The van der Waals surface area contributed by atoms with Gasteiger partial charge in [0.25, 0.3) is 0 Å². The zero-order valence-electron chi connectivity index (χ0n) is 14.4. The second-order valence-electron chi connectivity index (χ2n) is 6.02. The van der Waals surface area contributed by atoms with E-state index in [-0.39, 0.29) is 0 Å². The first-order chi connectivity index (χ1) is 11.2. The van der Waals surface area contributed by atoms with Gasteiger partial charge < -0.3 is 4.90 Å². The van der Waals surface area contributed by atoms with Crippen LogP contribution in [0.4, 0.5) is 0 Å². The van der Waals surface area contributed by atoms with Crippen LogP contribution in [0.3, 0.4) is 0 Å². The largest absolute Gasteiger partial charge is 0.301 e. The van der Waals surface area contributed by atoms with Gasteiger partial charge in [-0.15, -0.1) is 0 Å². The van der Waals surface area contributed by atoms with Crippen molar-refractivity contribution in [3.8, 4) is 6.07 Å². The van der Waals surface area contributed by atoms with E-state index in [1.54, 1.807) is 0 Å². The first-order valence-corrected chi connectivity index (χ1v) is 8.44. The Balaban J connectivity index is 2.50. The number of benzene rings is 2. The lowest BCUT2D eigenvalue weighted by atomic mass is 9.71. The Hall–Kier alpha value is -2.11. The van der Waals surface area contributed by atoms with Crippen LogP contribution in [0.15, 0.2) is 60.7 Å². The highest BCUT2D eigenvalue weighted by Gasteiger charge is 2.36. The molecule has 2 nitrogen and oxygen atoms in total. The molecule has 0 heterocycles. The fraction of sp³-hybridized carbons (Fsp3) is 0.381. The van der Waals surface area contributed by atoms with Gasteiger partial charge in [0, 0.05) is 6.04 Å². The average molecular weight is 306 g/mol. The smallest absolute Gasteiger partial charge is 0.109 e. The van der Waals surface area contributed by atoms with E-state index in [0.29, 0.717) is 6.04 Å². The van der Waals surface area contributed by atoms with Crippen LogP contribution in [-0.2, 0) is 5.41 Å². The highest BCUT2D eigenvalue weighted by molar-refractivity contribution is 5.46. The van der Waals surface area contributed by atoms with Gasteiger partial charge in [-0.25, -0.2) is 0 Å². The maximum atomic E-state index is 10.2. The Morgan fingerprint density at radius 1 is 0.913 bits per heavy atom. The fourth-order valence-corrected chi connectivity index (χ4v) is 3.44. The molecule has 0 radical (unpaired) electrons. The number of hydrogen-bond donors (Lipinski definition) is 0. The minimum atomic E-state index is -0.607. The standard InChI is InChI=1S/C21H26N2/c1-4-23(5-2)18(3)16-21(17-22,19-12-8-6-9-13-19)20-14-10-7-11-15-20/h6-15,18H,4-5,16H2,1-3H3/t18-/m1/s1. The Morgan fingerprint density at radius 2 is 1.35 bits per heavy atom. The second kappa shape index (κ2) is 7.94. The molecular formula is C21H26N2. The van der Waals surface area contributed by atoms with E-state index in [9.17, 15) is 5.26 Å². The number of rotatable bonds is 7. The predicted molar refractivity (Wildman–Crippen MR) is 96.3 cm³/mol. The Kier molecular flexibility index (Phi) is 5.96. The average Bonchev–Trinajstić information content (AvgIpc) is 2.62. The number of nitrogens with zero attached hydrogens (tertiary/aromatic N) is 2. The number of nitriles is 1. The van der Waals surface area contributed by atoms with Crippen molar-refractivity contribution in [3.63, 3.8) is 0 Å². The Bertz CT molecular complexity index is 584. The van der Waals surface area contributed by atoms with E-state index in [0.717, 1.165) is 30.6 Å². The van der Waals surface area contributed by atoms with Crippen LogP contribution >= 0.6 is 0 Å². The molecule has 1 atom stereocenters. The SMILES string of the molecule is CCN(CC)[C@H](C)CC(C#N)(c1ccccc1)c1ccccc1. The lowest BCUT2D eigenvalue weighted by Gasteiger charge is -2.35. The third-order valence-electron chi connectivity index (χ3n) is 4.76. The quantitative estimate of drug-likeness (QED) is 0.746. The molecule has 0 saturated heterocycles. The van der Waals surface area contributed by atoms with Gasteiger partial charge in [0.2, 0.25) is 0 Å². The highest BCUT2D eigenvalue weighted by atomic mass is 15.1. The van der Waals surface area contributed by atoms with E-state index in [1.165, 1.54) is 0 Å². The summed E-state index contributed by atoms with van der Waals surface area (Å²) >= 11 is 0. The van der Waals surface area contributed by atoms with Crippen molar-refractivity contribution in [2.45, 2.75) is 38.6 Å². The maximum Gasteiger partial charge on any atom is 0.109 e. The highest BCUT2D eigenvalue weighted by Crippen LogP contribution is 2.37. The monoisotopic (exact) mass is 306 g/mol. The molecule has 0 spiro atoms. The molecule has 0 aromatic heterocycles. The Labute approximate surface area is 140 Å². The number of hydrogen-bond acceptors (Lipinski definition) is 2. The second-order valence-corrected chi connectivity index (χ2v) is 6.02. The summed E-state index contributed by atoms with van der Waals surface area (Å²) in [6.07, 6.45) is 0.791. The molecule has 0 saturated carbocycles. The topological polar surface area (TPSA) is 27.0 Å². The van der Waals surface area contributed by atoms with Crippen LogP contribution in [0.25, 0.3) is 0 Å². The molecule has 2 aromatic rings. The zero-order valence-corrected chi connectivity index (χ0v) is 14.4. The summed E-state index contributed by atoms with van der Waals surface area (Å²) in [4.78, 5) is 2.41. The van der Waals surface area contributed by atoms with Gasteiger partial charge in [-0.1, -0.05) is 74.5 Å². The van der Waals surface area contributed by atoms with E-state index in [2.05, 4.69) is 56.0 Å². The summed E-state index contributed by atoms with van der Waals surface area (Å²) in [5, 5.41) is 10.2. The normalized spacial score (nSPS) is 12.8. The van der Waals surface area contributed by atoms with E-state index in [4.69, 9.17) is 0 Å². The van der Waals surface area contributed by atoms with Crippen LogP contribution in [-0.4, -0.2) is 24.0 Å². The van der Waals surface area contributed by atoms with Crippen molar-refractivity contribution in [1.29, 1.82) is 5.26 Å². The van der Waals surface area contributed by atoms with Gasteiger partial charge >= 0.3 is 0 Å². The van der Waals surface area contributed by atoms with Crippen molar-refractivity contribution >= 4 is 0 Å². The van der Waals surface area contributed by atoms with Crippen LogP contribution in [0.2, 0.25) is 0 Å². The molecule has 2 rings (SSSR count). The fourth-order valence-electron chi connectivity index (χ4n) is 3.44. The van der Waals surface area contributed by atoms with E-state index >= 15 is 0 Å². The third-order valence-corrected chi connectivity index (χ3v) is 4.76. The molecule has 0 fully saturated rings. The maximum absolute atomic E-state index is 10.2. The van der Waals surface area contributed by atoms with E-state index in [1.807, 2.05) is 36.4 Å². The van der Waals surface area contributed by atoms with Crippen LogP contribution in [0, 0.1) is 11.3 Å². The van der Waals surface area contributed by atoms with Gasteiger partial charge in [-0.05, 0) is 37.6 Å². The lowest BCUT2D eigenvalue weighted by molar-refractivity contribution is 0.206. The summed E-state index contributed by atoms with van der Waals surface area (Å²) in [6.45, 7) is 8.59. The van der Waals surface area contributed by atoms with Gasteiger partial charge in [0.1, 0.15) is 5.41 Å². The molecule has 0 N–H and O–H groups in total. The summed E-state index contributed by atoms with van der Waals surface area (Å²) in [5.41, 5.74) is 1.55. The van der Waals surface area contributed by atoms with Crippen molar-refractivity contribution in [2.75, 3.05) is 13.1 Å². The van der Waals surface area contributed by atoms with Crippen LogP contribution in [0.1, 0.15) is 38.3 Å². The summed E-state index contributed by atoms with van der Waals surface area (Å²) < 4.78 is 0. The van der Waals surface area contributed by atoms with E-state index < -0.39 is 5.41 Å². The molecule has 2 aromatic carbocycles. The molecule has 0 aliphatic rings. The Morgan fingerprint density at radius 3 is 1.70 bits per heavy atom. The van der Waals surface area contributed by atoms with Gasteiger partial charge in [0.05, 0.1) is 6.07 Å². The van der Waals surface area contributed by atoms with Crippen molar-refractivity contribution in [3.05, 3.63) is 71.8 Å². The lowest BCUT2D eigenvalue weighted by Crippen LogP contribution is -2.39. The van der Waals surface area contributed by atoms with Gasteiger partial charge in [-0.2, -0.15) is 5.26 Å². The first-order valence-electron chi connectivity index (χ1n) is 8.44. The molecule has 0 aliphatic heterocycles. The minimum absolute atomic E-state index is 0.338. The zero-order chi connectivity index (χ0) is 16.7. The molecule has 0 unspecified atom stereocenters. The molecular weight excluding hydrogens is 280 g/mol.